The van der Waals surface area contributed by atoms with Crippen molar-refractivity contribution < 1.29 is 14.7 Å². The zero-order valence-corrected chi connectivity index (χ0v) is 10.8. The third-order valence-electron chi connectivity index (χ3n) is 2.99. The van der Waals surface area contributed by atoms with Gasteiger partial charge in [0.25, 0.3) is 0 Å². The molecule has 1 unspecified atom stereocenters. The van der Waals surface area contributed by atoms with Crippen molar-refractivity contribution in [3.63, 3.8) is 0 Å². The molecule has 1 amide bonds. The number of hydrogen-bond donors (Lipinski definition) is 1. The summed E-state index contributed by atoms with van der Waals surface area (Å²) in [6, 6.07) is 0. The first-order valence-corrected chi connectivity index (χ1v) is 5.89. The summed E-state index contributed by atoms with van der Waals surface area (Å²) in [5.41, 5.74) is -0.759. The van der Waals surface area contributed by atoms with Crippen LogP contribution in [0.3, 0.4) is 0 Å². The maximum absolute atomic E-state index is 12.1. The van der Waals surface area contributed by atoms with Crippen molar-refractivity contribution in [2.24, 2.45) is 5.41 Å². The number of carbonyl (C=O) groups excluding carboxylic acids is 1. The van der Waals surface area contributed by atoms with E-state index in [1.165, 1.54) is 4.90 Å². The van der Waals surface area contributed by atoms with E-state index in [-0.39, 0.29) is 18.9 Å². The molecule has 1 saturated carbocycles. The molecule has 1 fully saturated rings. The van der Waals surface area contributed by atoms with Gasteiger partial charge in [0.15, 0.2) is 0 Å². The van der Waals surface area contributed by atoms with Crippen molar-refractivity contribution in [2.75, 3.05) is 13.1 Å². The fourth-order valence-electron chi connectivity index (χ4n) is 1.61. The Labute approximate surface area is 105 Å². The van der Waals surface area contributed by atoms with Gasteiger partial charge in [-0.1, -0.05) is 0 Å². The first-order valence-electron chi connectivity index (χ1n) is 5.13. The second-order valence-electron chi connectivity index (χ2n) is 4.24. The van der Waals surface area contributed by atoms with Crippen LogP contribution in [0.4, 0.5) is 0 Å². The number of nitrogens with zero attached hydrogens (tertiary/aromatic N) is 1. The van der Waals surface area contributed by atoms with E-state index in [1.807, 2.05) is 0 Å². The molecule has 0 heterocycles. The average Bonchev–Trinajstić information content (AvgIpc) is 2.67. The summed E-state index contributed by atoms with van der Waals surface area (Å²) in [5, 5.41) is 8.57. The van der Waals surface area contributed by atoms with Crippen molar-refractivity contribution in [1.82, 2.24) is 4.90 Å². The Morgan fingerprint density at radius 1 is 1.44 bits per heavy atom. The lowest BCUT2D eigenvalue weighted by Crippen LogP contribution is -2.39. The van der Waals surface area contributed by atoms with E-state index in [2.05, 4.69) is 0 Å². The lowest BCUT2D eigenvalue weighted by atomic mass is 10.1. The van der Waals surface area contributed by atoms with Crippen LogP contribution in [-0.4, -0.2) is 39.3 Å². The van der Waals surface area contributed by atoms with E-state index in [0.29, 0.717) is 13.0 Å². The summed E-state index contributed by atoms with van der Waals surface area (Å²) in [6.45, 7) is 4.17. The molecule has 0 aromatic heterocycles. The summed E-state index contributed by atoms with van der Waals surface area (Å²) in [5.74, 6) is -1.09. The highest BCUT2D eigenvalue weighted by molar-refractivity contribution is 6.53. The minimum absolute atomic E-state index is 0.0623. The monoisotopic (exact) mass is 267 g/mol. The minimum atomic E-state index is -0.999. The van der Waals surface area contributed by atoms with Crippen LogP contribution in [0.25, 0.3) is 0 Å². The predicted octanol–water partition coefficient (Wildman–Crippen LogP) is 1.89. The lowest BCUT2D eigenvalue weighted by Gasteiger charge is -2.24. The van der Waals surface area contributed by atoms with Gasteiger partial charge in [-0.15, -0.1) is 23.2 Å². The predicted molar refractivity (Wildman–Crippen MR) is 61.7 cm³/mol. The number of hydrogen-bond acceptors (Lipinski definition) is 2. The number of carbonyl (C=O) groups is 2. The van der Waals surface area contributed by atoms with Crippen LogP contribution >= 0.6 is 23.2 Å². The molecule has 16 heavy (non-hydrogen) atoms. The Morgan fingerprint density at radius 2 is 1.94 bits per heavy atom. The Kier molecular flexibility index (Phi) is 3.75. The van der Waals surface area contributed by atoms with Crippen molar-refractivity contribution in [3.05, 3.63) is 0 Å². The maximum Gasteiger partial charge on any atom is 0.305 e. The highest BCUT2D eigenvalue weighted by Crippen LogP contribution is 2.64. The van der Waals surface area contributed by atoms with E-state index >= 15 is 0 Å². The van der Waals surface area contributed by atoms with Crippen LogP contribution in [0.5, 0.6) is 0 Å². The Bertz CT molecular complexity index is 319. The second kappa shape index (κ2) is 4.41. The number of carboxylic acid groups (broad SMARTS) is 1. The Balaban J connectivity index is 2.61. The van der Waals surface area contributed by atoms with Crippen molar-refractivity contribution >= 4 is 35.1 Å². The summed E-state index contributed by atoms with van der Waals surface area (Å²) < 4.78 is -0.999. The summed E-state index contributed by atoms with van der Waals surface area (Å²) in [4.78, 5) is 24.0. The van der Waals surface area contributed by atoms with Gasteiger partial charge >= 0.3 is 5.97 Å². The lowest BCUT2D eigenvalue weighted by molar-refractivity contribution is -0.140. The molecule has 92 valence electrons. The molecule has 1 atom stereocenters. The molecule has 1 N–H and O–H groups in total. The van der Waals surface area contributed by atoms with E-state index < -0.39 is 15.7 Å². The zero-order chi connectivity index (χ0) is 12.6. The van der Waals surface area contributed by atoms with Crippen LogP contribution in [-0.2, 0) is 9.59 Å². The molecule has 6 heteroatoms. The van der Waals surface area contributed by atoms with E-state index in [0.717, 1.165) is 0 Å². The van der Waals surface area contributed by atoms with Gasteiger partial charge in [0.2, 0.25) is 5.91 Å². The molecule has 0 saturated heterocycles. The van der Waals surface area contributed by atoms with Gasteiger partial charge < -0.3 is 10.0 Å². The number of rotatable bonds is 5. The second-order valence-corrected chi connectivity index (χ2v) is 5.73. The maximum atomic E-state index is 12.1. The topological polar surface area (TPSA) is 57.6 Å². The SMILES string of the molecule is CCN(CCC(=O)O)C(=O)C1(C)CC1(Cl)Cl. The van der Waals surface area contributed by atoms with Crippen LogP contribution in [0.2, 0.25) is 0 Å². The summed E-state index contributed by atoms with van der Waals surface area (Å²) in [7, 11) is 0. The van der Waals surface area contributed by atoms with Crippen molar-refractivity contribution in [1.29, 1.82) is 0 Å². The number of halogens is 2. The van der Waals surface area contributed by atoms with Gasteiger partial charge in [0.1, 0.15) is 4.33 Å². The van der Waals surface area contributed by atoms with Gasteiger partial charge in [0, 0.05) is 13.1 Å². The van der Waals surface area contributed by atoms with E-state index in [9.17, 15) is 9.59 Å². The molecular weight excluding hydrogens is 253 g/mol. The number of amides is 1. The number of aliphatic carboxylic acids is 1. The molecule has 0 aromatic carbocycles. The van der Waals surface area contributed by atoms with E-state index in [4.69, 9.17) is 28.3 Å². The number of alkyl halides is 2. The molecule has 0 bridgehead atoms. The Hall–Kier alpha value is -0.480. The minimum Gasteiger partial charge on any atom is -0.481 e. The fraction of sp³-hybridized carbons (Fsp3) is 0.800. The average molecular weight is 268 g/mol. The van der Waals surface area contributed by atoms with Crippen LogP contribution in [0, 0.1) is 5.41 Å². The molecule has 1 rings (SSSR count). The number of carboxylic acids is 1. The Morgan fingerprint density at radius 3 is 2.25 bits per heavy atom. The van der Waals surface area contributed by atoms with Gasteiger partial charge in [-0.05, 0) is 20.3 Å². The van der Waals surface area contributed by atoms with Crippen molar-refractivity contribution in [2.45, 2.75) is 31.0 Å². The van der Waals surface area contributed by atoms with Crippen molar-refractivity contribution in [3.8, 4) is 0 Å². The van der Waals surface area contributed by atoms with Gasteiger partial charge in [0.05, 0.1) is 11.8 Å². The van der Waals surface area contributed by atoms with E-state index in [1.54, 1.807) is 13.8 Å². The molecule has 1 aliphatic carbocycles. The standard InChI is InChI=1S/C10H15Cl2NO3/c1-3-13(5-4-7(14)15)8(16)9(2)6-10(9,11)12/h3-6H2,1-2H3,(H,14,15). The molecule has 1 aliphatic rings. The largest absolute Gasteiger partial charge is 0.481 e. The van der Waals surface area contributed by atoms with Crippen LogP contribution in [0.1, 0.15) is 26.7 Å². The zero-order valence-electron chi connectivity index (χ0n) is 9.30. The molecule has 0 aliphatic heterocycles. The van der Waals surface area contributed by atoms with Gasteiger partial charge in [-0.3, -0.25) is 9.59 Å². The third kappa shape index (κ3) is 2.43. The molecule has 0 aromatic rings. The summed E-state index contributed by atoms with van der Waals surface area (Å²) >= 11 is 11.8. The third-order valence-corrected chi connectivity index (χ3v) is 4.10. The summed E-state index contributed by atoms with van der Waals surface area (Å²) in [6.07, 6.45) is 0.360. The van der Waals surface area contributed by atoms with Crippen LogP contribution < -0.4 is 0 Å². The smallest absolute Gasteiger partial charge is 0.305 e. The first kappa shape index (κ1) is 13.6. The quantitative estimate of drug-likeness (QED) is 0.775. The van der Waals surface area contributed by atoms with Gasteiger partial charge in [-0.2, -0.15) is 0 Å². The van der Waals surface area contributed by atoms with Gasteiger partial charge in [-0.25, -0.2) is 0 Å². The molecule has 0 spiro atoms. The molecule has 0 radical (unpaired) electrons. The fourth-order valence-corrected chi connectivity index (χ4v) is 2.31. The highest BCUT2D eigenvalue weighted by Gasteiger charge is 2.68. The molecular formula is C10H15Cl2NO3. The van der Waals surface area contributed by atoms with Crippen LogP contribution in [0.15, 0.2) is 0 Å². The molecule has 4 nitrogen and oxygen atoms in total. The first-order chi connectivity index (χ1) is 7.24. The highest BCUT2D eigenvalue weighted by atomic mass is 35.5. The normalized spacial score (nSPS) is 26.2.